The van der Waals surface area contributed by atoms with Gasteiger partial charge in [0.05, 0.1) is 11.2 Å². The fraction of sp³-hybridized carbons (Fsp3) is 0.118. The van der Waals surface area contributed by atoms with E-state index in [-0.39, 0.29) is 0 Å². The van der Waals surface area contributed by atoms with Gasteiger partial charge in [0.15, 0.2) is 6.71 Å². The van der Waals surface area contributed by atoms with Crippen LogP contribution in [-0.2, 0) is 0 Å². The van der Waals surface area contributed by atoms with E-state index in [0.717, 1.165) is 22.2 Å². The number of primary amides is 1. The topological polar surface area (TPSA) is 68.9 Å². The van der Waals surface area contributed by atoms with Crippen molar-refractivity contribution in [2.45, 2.75) is 13.6 Å². The molecule has 5 heteroatoms. The molecule has 0 spiro atoms. The summed E-state index contributed by atoms with van der Waals surface area (Å²) >= 11 is 0. The summed E-state index contributed by atoms with van der Waals surface area (Å²) in [5.74, 6) is -0.442. The first kappa shape index (κ1) is 14.3. The highest BCUT2D eigenvalue weighted by atomic mass is 16.1. The Hall–Kier alpha value is -2.69. The molecule has 3 rings (SSSR count). The van der Waals surface area contributed by atoms with E-state index in [2.05, 4.69) is 35.7 Å². The van der Waals surface area contributed by atoms with Gasteiger partial charge in [0.1, 0.15) is 6.33 Å². The van der Waals surface area contributed by atoms with Crippen LogP contribution in [0.15, 0.2) is 48.8 Å². The molecule has 0 atom stereocenters. The number of carbonyl (C=O) groups is 1. The molecule has 1 amide bonds. The van der Waals surface area contributed by atoms with E-state index in [1.807, 2.05) is 18.2 Å². The zero-order valence-corrected chi connectivity index (χ0v) is 12.6. The van der Waals surface area contributed by atoms with Crippen molar-refractivity contribution in [3.8, 4) is 11.3 Å². The lowest BCUT2D eigenvalue weighted by Gasteiger charge is -2.09. The van der Waals surface area contributed by atoms with Crippen LogP contribution in [0.1, 0.15) is 10.4 Å². The fourth-order valence-corrected chi connectivity index (χ4v) is 2.48. The monoisotopic (exact) mass is 289 g/mol. The van der Waals surface area contributed by atoms with Crippen LogP contribution in [0.3, 0.4) is 0 Å². The first-order chi connectivity index (χ1) is 10.6. The molecule has 4 nitrogen and oxygen atoms in total. The van der Waals surface area contributed by atoms with Crippen molar-refractivity contribution in [2.75, 3.05) is 0 Å². The first-order valence-corrected chi connectivity index (χ1v) is 7.21. The summed E-state index contributed by atoms with van der Waals surface area (Å²) in [4.78, 5) is 20.1. The van der Waals surface area contributed by atoms with Gasteiger partial charge in [0, 0.05) is 16.5 Å². The maximum absolute atomic E-state index is 11.4. The van der Waals surface area contributed by atoms with Crippen molar-refractivity contribution in [1.82, 2.24) is 9.97 Å². The number of hydrogen-bond acceptors (Lipinski definition) is 3. The lowest BCUT2D eigenvalue weighted by atomic mass is 9.49. The van der Waals surface area contributed by atoms with Gasteiger partial charge < -0.3 is 5.73 Å². The normalized spacial score (nSPS) is 10.6. The molecule has 0 fully saturated rings. The Labute approximate surface area is 129 Å². The molecule has 22 heavy (non-hydrogen) atoms. The van der Waals surface area contributed by atoms with E-state index in [1.165, 1.54) is 5.46 Å². The zero-order chi connectivity index (χ0) is 15.7. The number of carbonyl (C=O) groups excluding carboxylic acids is 1. The van der Waals surface area contributed by atoms with E-state index in [0.29, 0.717) is 12.3 Å². The van der Waals surface area contributed by atoms with Gasteiger partial charge in [-0.1, -0.05) is 43.4 Å². The quantitative estimate of drug-likeness (QED) is 0.752. The number of fused-ring (bicyclic) bond motifs is 1. The highest BCUT2D eigenvalue weighted by Crippen LogP contribution is 2.25. The number of rotatable bonds is 3. The van der Waals surface area contributed by atoms with Crippen molar-refractivity contribution < 1.29 is 4.79 Å². The zero-order valence-electron chi connectivity index (χ0n) is 12.6. The Morgan fingerprint density at radius 3 is 2.64 bits per heavy atom. The maximum Gasteiger partial charge on any atom is 0.248 e. The number of benzene rings is 2. The molecule has 1 aromatic heterocycles. The van der Waals surface area contributed by atoms with Gasteiger partial charge in [0.25, 0.3) is 0 Å². The van der Waals surface area contributed by atoms with Gasteiger partial charge in [0.2, 0.25) is 5.91 Å². The molecular weight excluding hydrogens is 273 g/mol. The SMILES string of the molecule is CB(C)c1ccc2ncnc(-c3cccc(C(N)=O)c3)c2c1. The predicted octanol–water partition coefficient (Wildman–Crippen LogP) is 2.36. The molecular formula is C17H16BN3O. The van der Waals surface area contributed by atoms with Crippen LogP contribution in [0.25, 0.3) is 22.2 Å². The largest absolute Gasteiger partial charge is 0.366 e. The summed E-state index contributed by atoms with van der Waals surface area (Å²) in [6.07, 6.45) is 1.55. The van der Waals surface area contributed by atoms with Gasteiger partial charge in [-0.2, -0.15) is 0 Å². The molecule has 1 heterocycles. The minimum atomic E-state index is -0.442. The van der Waals surface area contributed by atoms with Gasteiger partial charge in [-0.3, -0.25) is 4.79 Å². The van der Waals surface area contributed by atoms with Crippen molar-refractivity contribution in [2.24, 2.45) is 5.73 Å². The maximum atomic E-state index is 11.4. The summed E-state index contributed by atoms with van der Waals surface area (Å²) < 4.78 is 0. The standard InChI is InChI=1S/C17H16BN3O/c1-18(2)13-6-7-15-14(9-13)16(21-10-20-15)11-4-3-5-12(8-11)17(19)22/h3-10H,1-2H3,(H2,19,22). The van der Waals surface area contributed by atoms with Crippen molar-refractivity contribution in [3.63, 3.8) is 0 Å². The number of nitrogens with zero attached hydrogens (tertiary/aromatic N) is 2. The third kappa shape index (κ3) is 2.57. The first-order valence-electron chi connectivity index (χ1n) is 7.21. The van der Waals surface area contributed by atoms with Crippen LogP contribution in [-0.4, -0.2) is 22.6 Å². The second-order valence-corrected chi connectivity index (χ2v) is 5.60. The van der Waals surface area contributed by atoms with Crippen LogP contribution >= 0.6 is 0 Å². The molecule has 0 saturated heterocycles. The van der Waals surface area contributed by atoms with Crippen LogP contribution in [0.4, 0.5) is 0 Å². The Morgan fingerprint density at radius 2 is 1.91 bits per heavy atom. The van der Waals surface area contributed by atoms with Crippen LogP contribution in [0, 0.1) is 0 Å². The number of nitrogens with two attached hydrogens (primary N) is 1. The molecule has 2 N–H and O–H groups in total. The lowest BCUT2D eigenvalue weighted by molar-refractivity contribution is 0.100. The Kier molecular flexibility index (Phi) is 3.63. The Balaban J connectivity index is 2.24. The minimum absolute atomic E-state index is 0.425. The van der Waals surface area contributed by atoms with E-state index in [1.54, 1.807) is 18.5 Å². The van der Waals surface area contributed by atoms with Crippen molar-refractivity contribution in [1.29, 1.82) is 0 Å². The van der Waals surface area contributed by atoms with E-state index < -0.39 is 5.91 Å². The van der Waals surface area contributed by atoms with E-state index in [9.17, 15) is 4.79 Å². The number of hydrogen-bond donors (Lipinski definition) is 1. The van der Waals surface area contributed by atoms with Gasteiger partial charge in [-0.15, -0.1) is 0 Å². The van der Waals surface area contributed by atoms with Crippen LogP contribution in [0.2, 0.25) is 13.6 Å². The summed E-state index contributed by atoms with van der Waals surface area (Å²) in [6.45, 7) is 4.73. The molecule has 3 aromatic rings. The minimum Gasteiger partial charge on any atom is -0.366 e. The van der Waals surface area contributed by atoms with Crippen molar-refractivity contribution >= 4 is 29.0 Å². The molecule has 0 aliphatic carbocycles. The lowest BCUT2D eigenvalue weighted by Crippen LogP contribution is -2.22. The number of amides is 1. The molecule has 0 bridgehead atoms. The van der Waals surface area contributed by atoms with Crippen LogP contribution < -0.4 is 11.2 Å². The highest BCUT2D eigenvalue weighted by molar-refractivity contribution is 6.71. The number of aromatic nitrogens is 2. The second kappa shape index (κ2) is 5.60. The summed E-state index contributed by atoms with van der Waals surface area (Å²) in [5.41, 5.74) is 9.64. The van der Waals surface area contributed by atoms with E-state index in [4.69, 9.17) is 5.73 Å². The van der Waals surface area contributed by atoms with Gasteiger partial charge in [-0.05, 0) is 18.2 Å². The molecule has 0 radical (unpaired) electrons. The predicted molar refractivity (Wildman–Crippen MR) is 90.6 cm³/mol. The molecule has 0 unspecified atom stereocenters. The molecule has 0 saturated carbocycles. The van der Waals surface area contributed by atoms with Crippen molar-refractivity contribution in [3.05, 3.63) is 54.4 Å². The average molecular weight is 289 g/mol. The smallest absolute Gasteiger partial charge is 0.248 e. The summed E-state index contributed by atoms with van der Waals surface area (Å²) in [6, 6.07) is 13.4. The molecule has 0 aliphatic rings. The second-order valence-electron chi connectivity index (χ2n) is 5.60. The molecule has 2 aromatic carbocycles. The fourth-order valence-electron chi connectivity index (χ4n) is 2.48. The summed E-state index contributed by atoms with van der Waals surface area (Å²) in [5, 5.41) is 0.982. The average Bonchev–Trinajstić information content (AvgIpc) is 2.53. The molecule has 108 valence electrons. The summed E-state index contributed by atoms with van der Waals surface area (Å²) in [7, 11) is 0. The van der Waals surface area contributed by atoms with Gasteiger partial charge in [-0.25, -0.2) is 9.97 Å². The third-order valence-corrected chi connectivity index (χ3v) is 3.75. The van der Waals surface area contributed by atoms with Crippen LogP contribution in [0.5, 0.6) is 0 Å². The van der Waals surface area contributed by atoms with E-state index >= 15 is 0 Å². The third-order valence-electron chi connectivity index (χ3n) is 3.75. The highest BCUT2D eigenvalue weighted by Gasteiger charge is 2.11. The van der Waals surface area contributed by atoms with Gasteiger partial charge >= 0.3 is 0 Å². The Morgan fingerprint density at radius 1 is 1.09 bits per heavy atom. The Bertz CT molecular complexity index is 861. The molecule has 0 aliphatic heterocycles.